The fourth-order valence-electron chi connectivity index (χ4n) is 2.45. The van der Waals surface area contributed by atoms with Crippen LogP contribution in [0.5, 0.6) is 0 Å². The lowest BCUT2D eigenvalue weighted by molar-refractivity contribution is 0.486. The lowest BCUT2D eigenvalue weighted by Gasteiger charge is -2.10. The molecule has 0 aliphatic rings. The van der Waals surface area contributed by atoms with Crippen LogP contribution in [0.3, 0.4) is 0 Å². The summed E-state index contributed by atoms with van der Waals surface area (Å²) in [4.78, 5) is 4.52. The van der Waals surface area contributed by atoms with Crippen molar-refractivity contribution >= 4 is 32.9 Å². The van der Waals surface area contributed by atoms with Crippen molar-refractivity contribution in [2.45, 2.75) is 15.9 Å². The van der Waals surface area contributed by atoms with E-state index in [4.69, 9.17) is 8.83 Å². The van der Waals surface area contributed by atoms with Crippen LogP contribution in [0.4, 0.5) is 0 Å². The molecule has 28 heavy (non-hydrogen) atoms. The smallest absolute Gasteiger partial charge is 0.257 e. The SMILES string of the molecule is CN(C)S(=O)(=O)c1ccc2oc(SCc3nnc(-c4ccccc4)o3)nc2c1. The van der Waals surface area contributed by atoms with Gasteiger partial charge in [0, 0.05) is 19.7 Å². The monoisotopic (exact) mass is 416 g/mol. The molecule has 0 unspecified atom stereocenters. The summed E-state index contributed by atoms with van der Waals surface area (Å²) in [6.07, 6.45) is 0. The van der Waals surface area contributed by atoms with E-state index in [-0.39, 0.29) is 4.90 Å². The first-order valence-corrected chi connectivity index (χ1v) is 10.7. The summed E-state index contributed by atoms with van der Waals surface area (Å²) >= 11 is 1.29. The van der Waals surface area contributed by atoms with Crippen molar-refractivity contribution in [3.63, 3.8) is 0 Å². The van der Waals surface area contributed by atoms with Crippen molar-refractivity contribution in [2.24, 2.45) is 0 Å². The van der Waals surface area contributed by atoms with Crippen molar-refractivity contribution in [1.82, 2.24) is 19.5 Å². The van der Waals surface area contributed by atoms with E-state index < -0.39 is 10.0 Å². The first kappa shape index (κ1) is 18.7. The van der Waals surface area contributed by atoms with Gasteiger partial charge in [0.2, 0.25) is 21.8 Å². The molecule has 0 spiro atoms. The maximum atomic E-state index is 12.2. The molecular formula is C18H16N4O4S2. The van der Waals surface area contributed by atoms with Crippen LogP contribution >= 0.6 is 11.8 Å². The summed E-state index contributed by atoms with van der Waals surface area (Å²) < 4.78 is 37.0. The molecule has 2 heterocycles. The van der Waals surface area contributed by atoms with Crippen LogP contribution in [-0.4, -0.2) is 42.0 Å². The molecule has 4 rings (SSSR count). The van der Waals surface area contributed by atoms with E-state index in [9.17, 15) is 8.42 Å². The predicted octanol–water partition coefficient (Wildman–Crippen LogP) is 3.42. The number of aromatic nitrogens is 3. The van der Waals surface area contributed by atoms with Crippen molar-refractivity contribution in [3.8, 4) is 11.5 Å². The van der Waals surface area contributed by atoms with Gasteiger partial charge in [-0.2, -0.15) is 0 Å². The standard InChI is InChI=1S/C18H16N4O4S2/c1-22(2)28(23,24)13-8-9-15-14(10-13)19-18(25-15)27-11-16-20-21-17(26-16)12-6-4-3-5-7-12/h3-10H,11H2,1-2H3. The van der Waals surface area contributed by atoms with Gasteiger partial charge >= 0.3 is 0 Å². The lowest BCUT2D eigenvalue weighted by Crippen LogP contribution is -2.22. The predicted molar refractivity (Wildman–Crippen MR) is 104 cm³/mol. The number of hydrogen-bond donors (Lipinski definition) is 0. The van der Waals surface area contributed by atoms with E-state index in [2.05, 4.69) is 15.2 Å². The molecule has 144 valence electrons. The minimum absolute atomic E-state index is 0.166. The summed E-state index contributed by atoms with van der Waals surface area (Å²) in [6.45, 7) is 0. The zero-order chi connectivity index (χ0) is 19.7. The second kappa shape index (κ2) is 7.38. The van der Waals surface area contributed by atoms with Crippen LogP contribution in [-0.2, 0) is 15.8 Å². The largest absolute Gasteiger partial charge is 0.431 e. The summed E-state index contributed by atoms with van der Waals surface area (Å²) in [7, 11) is -0.559. The third-order valence-corrected chi connectivity index (χ3v) is 6.55. The molecule has 0 bridgehead atoms. The number of rotatable bonds is 6. The number of fused-ring (bicyclic) bond motifs is 1. The molecule has 4 aromatic rings. The minimum atomic E-state index is -3.53. The van der Waals surface area contributed by atoms with Crippen LogP contribution < -0.4 is 0 Å². The molecule has 0 aliphatic carbocycles. The fourth-order valence-corrected chi connectivity index (χ4v) is 4.05. The van der Waals surface area contributed by atoms with Gasteiger partial charge in [-0.15, -0.1) is 10.2 Å². The molecule has 0 fully saturated rings. The number of sulfonamides is 1. The molecule has 0 radical (unpaired) electrons. The van der Waals surface area contributed by atoms with Gasteiger partial charge < -0.3 is 8.83 Å². The van der Waals surface area contributed by atoms with Gasteiger partial charge in [-0.05, 0) is 30.3 Å². The Morgan fingerprint density at radius 2 is 1.82 bits per heavy atom. The van der Waals surface area contributed by atoms with Gasteiger partial charge in [-0.1, -0.05) is 30.0 Å². The highest BCUT2D eigenvalue weighted by Crippen LogP contribution is 2.28. The average molecular weight is 416 g/mol. The zero-order valence-corrected chi connectivity index (χ0v) is 16.7. The quantitative estimate of drug-likeness (QED) is 0.441. The highest BCUT2D eigenvalue weighted by molar-refractivity contribution is 7.98. The van der Waals surface area contributed by atoms with E-state index in [0.717, 1.165) is 9.87 Å². The zero-order valence-electron chi connectivity index (χ0n) is 15.1. The molecule has 0 atom stereocenters. The van der Waals surface area contributed by atoms with Crippen LogP contribution in [0.2, 0.25) is 0 Å². The molecule has 0 saturated heterocycles. The van der Waals surface area contributed by atoms with Gasteiger partial charge in [0.25, 0.3) is 5.22 Å². The Balaban J connectivity index is 1.51. The Kier molecular flexibility index (Phi) is 4.92. The first-order chi connectivity index (χ1) is 13.4. The van der Waals surface area contributed by atoms with E-state index >= 15 is 0 Å². The Hall–Kier alpha value is -2.69. The van der Waals surface area contributed by atoms with E-state index in [0.29, 0.717) is 33.9 Å². The third kappa shape index (κ3) is 3.66. The molecule has 0 saturated carbocycles. The summed E-state index contributed by atoms with van der Waals surface area (Å²) in [5.41, 5.74) is 1.83. The van der Waals surface area contributed by atoms with Gasteiger partial charge in [0.1, 0.15) is 5.52 Å². The molecular weight excluding hydrogens is 400 g/mol. The maximum Gasteiger partial charge on any atom is 0.257 e. The minimum Gasteiger partial charge on any atom is -0.431 e. The molecule has 0 N–H and O–H groups in total. The van der Waals surface area contributed by atoms with Gasteiger partial charge in [0.15, 0.2) is 5.58 Å². The summed E-state index contributed by atoms with van der Waals surface area (Å²) in [6, 6.07) is 14.1. The Morgan fingerprint density at radius 3 is 2.57 bits per heavy atom. The number of oxazole rings is 1. The van der Waals surface area contributed by atoms with Gasteiger partial charge in [-0.3, -0.25) is 0 Å². The van der Waals surface area contributed by atoms with Crippen LogP contribution in [0.1, 0.15) is 5.89 Å². The maximum absolute atomic E-state index is 12.2. The molecule has 0 amide bonds. The topological polar surface area (TPSA) is 102 Å². The van der Waals surface area contributed by atoms with Crippen molar-refractivity contribution in [2.75, 3.05) is 14.1 Å². The normalized spacial score (nSPS) is 12.1. The van der Waals surface area contributed by atoms with Crippen molar-refractivity contribution in [3.05, 3.63) is 54.4 Å². The van der Waals surface area contributed by atoms with E-state index in [1.54, 1.807) is 6.07 Å². The second-order valence-electron chi connectivity index (χ2n) is 6.05. The fraction of sp³-hybridized carbons (Fsp3) is 0.167. The Bertz CT molecular complexity index is 1220. The third-order valence-electron chi connectivity index (χ3n) is 3.92. The van der Waals surface area contributed by atoms with Crippen molar-refractivity contribution in [1.29, 1.82) is 0 Å². The molecule has 2 aromatic heterocycles. The number of hydrogen-bond acceptors (Lipinski definition) is 8. The second-order valence-corrected chi connectivity index (χ2v) is 9.13. The summed E-state index contributed by atoms with van der Waals surface area (Å²) in [5, 5.41) is 8.48. The van der Waals surface area contributed by atoms with E-state index in [1.807, 2.05) is 30.3 Å². The molecule has 10 heteroatoms. The molecule has 0 aliphatic heterocycles. The average Bonchev–Trinajstić information content (AvgIpc) is 3.33. The van der Waals surface area contributed by atoms with Gasteiger partial charge in [-0.25, -0.2) is 17.7 Å². The number of nitrogens with zero attached hydrogens (tertiary/aromatic N) is 4. The Morgan fingerprint density at radius 1 is 1.04 bits per heavy atom. The van der Waals surface area contributed by atoms with Crippen LogP contribution in [0, 0.1) is 0 Å². The number of benzene rings is 2. The van der Waals surface area contributed by atoms with Gasteiger partial charge in [0.05, 0.1) is 10.6 Å². The highest BCUT2D eigenvalue weighted by atomic mass is 32.2. The van der Waals surface area contributed by atoms with Crippen LogP contribution in [0.25, 0.3) is 22.6 Å². The highest BCUT2D eigenvalue weighted by Gasteiger charge is 2.19. The first-order valence-electron chi connectivity index (χ1n) is 8.27. The lowest BCUT2D eigenvalue weighted by atomic mass is 10.2. The number of thioether (sulfide) groups is 1. The summed E-state index contributed by atoms with van der Waals surface area (Å²) in [5.74, 6) is 1.28. The molecule has 8 nitrogen and oxygen atoms in total. The van der Waals surface area contributed by atoms with Crippen molar-refractivity contribution < 1.29 is 17.3 Å². The van der Waals surface area contributed by atoms with E-state index in [1.165, 1.54) is 38.0 Å². The van der Waals surface area contributed by atoms with Crippen LogP contribution in [0.15, 0.2) is 67.5 Å². The Labute approximate surface area is 165 Å². The molecule has 2 aromatic carbocycles.